The van der Waals surface area contributed by atoms with Gasteiger partial charge in [0, 0.05) is 39.3 Å². The van der Waals surface area contributed by atoms with Gasteiger partial charge in [0.25, 0.3) is 0 Å². The quantitative estimate of drug-likeness (QED) is 0.766. The fraction of sp³-hybridized carbons (Fsp3) is 0.933. The van der Waals surface area contributed by atoms with Gasteiger partial charge in [0.2, 0.25) is 5.91 Å². The summed E-state index contributed by atoms with van der Waals surface area (Å²) in [7, 11) is 0. The maximum atomic E-state index is 12.2. The molecule has 0 aromatic heterocycles. The summed E-state index contributed by atoms with van der Waals surface area (Å²) in [6.45, 7) is 9.52. The first-order valence-electron chi connectivity index (χ1n) is 8.16. The largest absolute Gasteiger partial charge is 0.353 e. The Labute approximate surface area is 122 Å². The second-order valence-electron chi connectivity index (χ2n) is 6.25. The van der Waals surface area contributed by atoms with E-state index >= 15 is 0 Å². The number of carbonyl (C=O) groups excluding carboxylic acids is 1. The van der Waals surface area contributed by atoms with Crippen molar-refractivity contribution in [1.82, 2.24) is 15.1 Å². The third-order valence-corrected chi connectivity index (χ3v) is 4.82. The Balaban J connectivity index is 1.64. The topological polar surface area (TPSA) is 61.6 Å². The minimum atomic E-state index is -0.598. The van der Waals surface area contributed by atoms with E-state index in [1.807, 2.05) is 0 Å². The van der Waals surface area contributed by atoms with E-state index in [4.69, 9.17) is 5.73 Å². The second kappa shape index (κ2) is 7.38. The number of hydrogen-bond acceptors (Lipinski definition) is 4. The van der Waals surface area contributed by atoms with Crippen LogP contribution in [0.1, 0.15) is 39.0 Å². The van der Waals surface area contributed by atoms with Gasteiger partial charge in [-0.3, -0.25) is 9.69 Å². The van der Waals surface area contributed by atoms with Crippen LogP contribution in [0.4, 0.5) is 0 Å². The second-order valence-corrected chi connectivity index (χ2v) is 6.25. The molecule has 1 aliphatic carbocycles. The van der Waals surface area contributed by atoms with Crippen molar-refractivity contribution in [3.05, 3.63) is 0 Å². The van der Waals surface area contributed by atoms with E-state index < -0.39 is 5.54 Å². The Hall–Kier alpha value is -0.650. The Morgan fingerprint density at radius 3 is 2.30 bits per heavy atom. The molecule has 0 atom stereocenters. The molecule has 0 radical (unpaired) electrons. The monoisotopic (exact) mass is 282 g/mol. The Morgan fingerprint density at radius 2 is 1.70 bits per heavy atom. The zero-order valence-corrected chi connectivity index (χ0v) is 12.9. The van der Waals surface area contributed by atoms with Crippen LogP contribution in [-0.2, 0) is 4.79 Å². The highest BCUT2D eigenvalue weighted by atomic mass is 16.2. The maximum absolute atomic E-state index is 12.2. The van der Waals surface area contributed by atoms with Crippen LogP contribution in [0.3, 0.4) is 0 Å². The lowest BCUT2D eigenvalue weighted by molar-refractivity contribution is -0.127. The van der Waals surface area contributed by atoms with Gasteiger partial charge in [0.05, 0.1) is 5.54 Å². The summed E-state index contributed by atoms with van der Waals surface area (Å²) in [5.74, 6) is 0.0596. The van der Waals surface area contributed by atoms with Crippen LogP contribution in [0.15, 0.2) is 0 Å². The van der Waals surface area contributed by atoms with Crippen molar-refractivity contribution in [2.24, 2.45) is 5.73 Å². The van der Waals surface area contributed by atoms with Gasteiger partial charge >= 0.3 is 0 Å². The summed E-state index contributed by atoms with van der Waals surface area (Å²) < 4.78 is 0. The van der Waals surface area contributed by atoms with E-state index in [0.29, 0.717) is 0 Å². The molecule has 1 heterocycles. The number of nitrogens with zero attached hydrogens (tertiary/aromatic N) is 2. The highest BCUT2D eigenvalue weighted by Crippen LogP contribution is 2.25. The minimum absolute atomic E-state index is 0.0596. The maximum Gasteiger partial charge on any atom is 0.240 e. The van der Waals surface area contributed by atoms with Crippen LogP contribution < -0.4 is 11.1 Å². The Bertz CT molecular complexity index is 307. The first-order chi connectivity index (χ1) is 9.64. The van der Waals surface area contributed by atoms with Crippen molar-refractivity contribution >= 4 is 5.91 Å². The lowest BCUT2D eigenvalue weighted by Gasteiger charge is -2.35. The SMILES string of the molecule is CCN1CCN(CCNC(=O)C2(N)CCCCC2)CC1. The molecular weight excluding hydrogens is 252 g/mol. The molecule has 0 bridgehead atoms. The number of piperazine rings is 1. The van der Waals surface area contributed by atoms with E-state index in [9.17, 15) is 4.79 Å². The number of rotatable bonds is 5. The van der Waals surface area contributed by atoms with E-state index in [1.165, 1.54) is 6.42 Å². The zero-order valence-electron chi connectivity index (χ0n) is 12.9. The summed E-state index contributed by atoms with van der Waals surface area (Å²) >= 11 is 0. The van der Waals surface area contributed by atoms with E-state index in [-0.39, 0.29) is 5.91 Å². The highest BCUT2D eigenvalue weighted by Gasteiger charge is 2.34. The van der Waals surface area contributed by atoms with E-state index in [0.717, 1.165) is 71.5 Å². The fourth-order valence-corrected chi connectivity index (χ4v) is 3.24. The molecule has 2 fully saturated rings. The highest BCUT2D eigenvalue weighted by molar-refractivity contribution is 5.86. The van der Waals surface area contributed by atoms with E-state index in [2.05, 4.69) is 22.0 Å². The molecule has 1 aliphatic heterocycles. The molecular formula is C15H30N4O. The molecule has 5 nitrogen and oxygen atoms in total. The molecule has 1 saturated heterocycles. The summed E-state index contributed by atoms with van der Waals surface area (Å²) in [5.41, 5.74) is 5.63. The minimum Gasteiger partial charge on any atom is -0.353 e. The lowest BCUT2D eigenvalue weighted by Crippen LogP contribution is -2.56. The predicted octanol–water partition coefficient (Wildman–Crippen LogP) is 0.402. The summed E-state index contributed by atoms with van der Waals surface area (Å²) in [6, 6.07) is 0. The molecule has 0 aromatic rings. The van der Waals surface area contributed by atoms with Crippen molar-refractivity contribution in [3.8, 4) is 0 Å². The van der Waals surface area contributed by atoms with Gasteiger partial charge < -0.3 is 16.0 Å². The van der Waals surface area contributed by atoms with Crippen molar-refractivity contribution in [3.63, 3.8) is 0 Å². The number of carbonyl (C=O) groups is 1. The van der Waals surface area contributed by atoms with Crippen LogP contribution in [0.25, 0.3) is 0 Å². The molecule has 2 aliphatic rings. The van der Waals surface area contributed by atoms with Crippen LogP contribution >= 0.6 is 0 Å². The van der Waals surface area contributed by atoms with Crippen LogP contribution in [0.5, 0.6) is 0 Å². The molecule has 1 saturated carbocycles. The molecule has 3 N–H and O–H groups in total. The lowest BCUT2D eigenvalue weighted by atomic mass is 9.82. The van der Waals surface area contributed by atoms with Gasteiger partial charge in [-0.15, -0.1) is 0 Å². The van der Waals surface area contributed by atoms with Crippen LogP contribution in [0.2, 0.25) is 0 Å². The van der Waals surface area contributed by atoms with Gasteiger partial charge in [-0.1, -0.05) is 26.2 Å². The first-order valence-corrected chi connectivity index (χ1v) is 8.16. The Morgan fingerprint density at radius 1 is 1.10 bits per heavy atom. The number of nitrogens with two attached hydrogens (primary N) is 1. The molecule has 2 rings (SSSR count). The zero-order chi connectivity index (χ0) is 14.4. The molecule has 5 heteroatoms. The third-order valence-electron chi connectivity index (χ3n) is 4.82. The standard InChI is InChI=1S/C15H30N4O/c1-2-18-10-12-19(13-11-18)9-8-17-14(20)15(16)6-4-3-5-7-15/h2-13,16H2,1H3,(H,17,20). The molecule has 0 aromatic carbocycles. The first kappa shape index (κ1) is 15.7. The number of amides is 1. The third kappa shape index (κ3) is 4.17. The van der Waals surface area contributed by atoms with Gasteiger partial charge in [-0.2, -0.15) is 0 Å². The summed E-state index contributed by atoms with van der Waals surface area (Å²) in [4.78, 5) is 17.1. The average molecular weight is 282 g/mol. The predicted molar refractivity (Wildman–Crippen MR) is 81.6 cm³/mol. The van der Waals surface area contributed by atoms with Crippen molar-refractivity contribution in [1.29, 1.82) is 0 Å². The van der Waals surface area contributed by atoms with E-state index in [1.54, 1.807) is 0 Å². The van der Waals surface area contributed by atoms with Crippen molar-refractivity contribution < 1.29 is 4.79 Å². The molecule has 116 valence electrons. The number of likely N-dealkylation sites (N-methyl/N-ethyl adjacent to an activating group) is 1. The smallest absolute Gasteiger partial charge is 0.240 e. The van der Waals surface area contributed by atoms with Gasteiger partial charge in [-0.05, 0) is 19.4 Å². The molecule has 0 spiro atoms. The Kier molecular flexibility index (Phi) is 5.81. The normalized spacial score (nSPS) is 24.5. The van der Waals surface area contributed by atoms with Crippen molar-refractivity contribution in [2.45, 2.75) is 44.6 Å². The van der Waals surface area contributed by atoms with Gasteiger partial charge in [0.15, 0.2) is 0 Å². The summed E-state index contributed by atoms with van der Waals surface area (Å²) in [5, 5.41) is 3.05. The fourth-order valence-electron chi connectivity index (χ4n) is 3.24. The average Bonchev–Trinajstić information content (AvgIpc) is 2.48. The molecule has 1 amide bonds. The number of hydrogen-bond donors (Lipinski definition) is 2. The van der Waals surface area contributed by atoms with Crippen molar-refractivity contribution in [2.75, 3.05) is 45.8 Å². The number of nitrogens with one attached hydrogen (secondary N) is 1. The van der Waals surface area contributed by atoms with Crippen LogP contribution in [0, 0.1) is 0 Å². The summed E-state index contributed by atoms with van der Waals surface area (Å²) in [6.07, 6.45) is 5.07. The molecule has 20 heavy (non-hydrogen) atoms. The van der Waals surface area contributed by atoms with Gasteiger partial charge in [-0.25, -0.2) is 0 Å². The molecule has 0 unspecified atom stereocenters. The van der Waals surface area contributed by atoms with Crippen LogP contribution in [-0.4, -0.2) is 67.1 Å². The van der Waals surface area contributed by atoms with Gasteiger partial charge in [0.1, 0.15) is 0 Å².